The van der Waals surface area contributed by atoms with Gasteiger partial charge in [0.25, 0.3) is 0 Å². The van der Waals surface area contributed by atoms with Crippen LogP contribution in [0, 0.1) is 0 Å². The third kappa shape index (κ3) is 5.21. The summed E-state index contributed by atoms with van der Waals surface area (Å²) in [6, 6.07) is 14.4. The van der Waals surface area contributed by atoms with Gasteiger partial charge in [-0.1, -0.05) is 35.9 Å². The topological polar surface area (TPSA) is 27.7 Å². The molecule has 26 heavy (non-hydrogen) atoms. The molecule has 5 heteroatoms. The molecule has 0 bridgehead atoms. The van der Waals surface area contributed by atoms with Crippen LogP contribution in [0.25, 0.3) is 11.1 Å². The van der Waals surface area contributed by atoms with E-state index in [4.69, 9.17) is 16.3 Å². The van der Waals surface area contributed by atoms with E-state index in [1.54, 1.807) is 0 Å². The summed E-state index contributed by atoms with van der Waals surface area (Å²) in [5.74, 6) is 0.984. The second-order valence-corrected chi connectivity index (χ2v) is 7.40. The molecule has 140 valence electrons. The average molecular weight is 374 g/mol. The Kier molecular flexibility index (Phi) is 6.92. The van der Waals surface area contributed by atoms with Crippen LogP contribution >= 0.6 is 11.6 Å². The fourth-order valence-corrected chi connectivity index (χ4v) is 3.32. The van der Waals surface area contributed by atoms with Crippen LogP contribution in [0.3, 0.4) is 0 Å². The Balaban J connectivity index is 1.89. The van der Waals surface area contributed by atoms with Gasteiger partial charge in [-0.3, -0.25) is 4.90 Å². The van der Waals surface area contributed by atoms with Crippen LogP contribution in [0.5, 0.6) is 5.75 Å². The van der Waals surface area contributed by atoms with E-state index in [0.717, 1.165) is 50.0 Å². The standard InChI is InChI=1S/C21H28ClN3O/c1-24(2)14-15-26-21-5-3-4-19(17-6-8-18(22)9-7-17)20(21)16-25-12-10-23-11-13-25/h3-9,23H,10-16H2,1-2H3. The molecule has 0 atom stereocenters. The minimum absolute atomic E-state index is 0.686. The number of rotatable bonds is 7. The molecule has 1 N–H and O–H groups in total. The first-order chi connectivity index (χ1) is 12.6. The normalized spacial score (nSPS) is 15.4. The molecule has 2 aromatic rings. The molecular weight excluding hydrogens is 346 g/mol. The van der Waals surface area contributed by atoms with Crippen molar-refractivity contribution in [3.63, 3.8) is 0 Å². The molecule has 2 aromatic carbocycles. The van der Waals surface area contributed by atoms with Crippen molar-refractivity contribution in [2.45, 2.75) is 6.54 Å². The first-order valence-corrected chi connectivity index (χ1v) is 9.60. The zero-order valence-corrected chi connectivity index (χ0v) is 16.4. The van der Waals surface area contributed by atoms with Gasteiger partial charge >= 0.3 is 0 Å². The number of piperazine rings is 1. The molecule has 1 saturated heterocycles. The molecule has 0 unspecified atom stereocenters. The molecular formula is C21H28ClN3O. The Morgan fingerprint density at radius 2 is 1.81 bits per heavy atom. The van der Waals surface area contributed by atoms with Gasteiger partial charge in [0.2, 0.25) is 0 Å². The van der Waals surface area contributed by atoms with Crippen molar-refractivity contribution in [1.82, 2.24) is 15.1 Å². The summed E-state index contributed by atoms with van der Waals surface area (Å²) >= 11 is 6.08. The zero-order valence-electron chi connectivity index (χ0n) is 15.7. The van der Waals surface area contributed by atoms with Crippen LogP contribution in [0.2, 0.25) is 5.02 Å². The minimum Gasteiger partial charge on any atom is -0.492 e. The first kappa shape index (κ1) is 19.2. The van der Waals surface area contributed by atoms with Crippen LogP contribution in [0.1, 0.15) is 5.56 Å². The molecule has 3 rings (SSSR count). The number of nitrogens with zero attached hydrogens (tertiary/aromatic N) is 2. The van der Waals surface area contributed by atoms with E-state index in [1.165, 1.54) is 16.7 Å². The molecule has 0 amide bonds. The van der Waals surface area contributed by atoms with Crippen molar-refractivity contribution < 1.29 is 4.74 Å². The molecule has 1 fully saturated rings. The van der Waals surface area contributed by atoms with Crippen LogP contribution < -0.4 is 10.1 Å². The molecule has 0 radical (unpaired) electrons. The van der Waals surface area contributed by atoms with Gasteiger partial charge in [0.05, 0.1) is 0 Å². The van der Waals surface area contributed by atoms with Crippen molar-refractivity contribution in [2.75, 3.05) is 53.4 Å². The summed E-state index contributed by atoms with van der Waals surface area (Å²) in [4.78, 5) is 4.63. The number of likely N-dealkylation sites (N-methyl/N-ethyl adjacent to an activating group) is 1. The minimum atomic E-state index is 0.686. The molecule has 1 aliphatic heterocycles. The molecule has 0 spiro atoms. The Labute approximate surface area is 161 Å². The van der Waals surface area contributed by atoms with Crippen LogP contribution in [-0.2, 0) is 6.54 Å². The predicted molar refractivity (Wildman–Crippen MR) is 109 cm³/mol. The number of hydrogen-bond donors (Lipinski definition) is 1. The number of hydrogen-bond acceptors (Lipinski definition) is 4. The Bertz CT molecular complexity index is 697. The molecule has 4 nitrogen and oxygen atoms in total. The summed E-state index contributed by atoms with van der Waals surface area (Å²) in [7, 11) is 4.13. The quantitative estimate of drug-likeness (QED) is 0.805. The third-order valence-electron chi connectivity index (χ3n) is 4.68. The van der Waals surface area contributed by atoms with Gasteiger partial charge in [0.1, 0.15) is 12.4 Å². The summed E-state index contributed by atoms with van der Waals surface area (Å²) in [5, 5.41) is 4.18. The maximum Gasteiger partial charge on any atom is 0.124 e. The first-order valence-electron chi connectivity index (χ1n) is 9.22. The van der Waals surface area contributed by atoms with Gasteiger partial charge in [-0.2, -0.15) is 0 Å². The fraction of sp³-hybridized carbons (Fsp3) is 0.429. The lowest BCUT2D eigenvalue weighted by Gasteiger charge is -2.29. The van der Waals surface area contributed by atoms with Gasteiger partial charge in [-0.15, -0.1) is 0 Å². The van der Waals surface area contributed by atoms with Crippen molar-refractivity contribution in [2.24, 2.45) is 0 Å². The SMILES string of the molecule is CN(C)CCOc1cccc(-c2ccc(Cl)cc2)c1CN1CCNCC1. The lowest BCUT2D eigenvalue weighted by molar-refractivity contribution is 0.223. The molecule has 0 saturated carbocycles. The van der Waals surface area contributed by atoms with Gasteiger partial charge in [0, 0.05) is 49.9 Å². The van der Waals surface area contributed by atoms with E-state index in [0.29, 0.717) is 6.61 Å². The summed E-state index contributed by atoms with van der Waals surface area (Å²) < 4.78 is 6.17. The summed E-state index contributed by atoms with van der Waals surface area (Å²) in [5.41, 5.74) is 3.66. The van der Waals surface area contributed by atoms with Gasteiger partial charge in [0.15, 0.2) is 0 Å². The highest BCUT2D eigenvalue weighted by Crippen LogP contribution is 2.32. The van der Waals surface area contributed by atoms with Crippen LogP contribution in [0.4, 0.5) is 0 Å². The highest BCUT2D eigenvalue weighted by molar-refractivity contribution is 6.30. The third-order valence-corrected chi connectivity index (χ3v) is 4.93. The van der Waals surface area contributed by atoms with Crippen molar-refractivity contribution in [1.29, 1.82) is 0 Å². The fourth-order valence-electron chi connectivity index (χ4n) is 3.19. The van der Waals surface area contributed by atoms with Gasteiger partial charge in [-0.05, 0) is 43.4 Å². The summed E-state index contributed by atoms with van der Waals surface area (Å²) in [6.07, 6.45) is 0. The van der Waals surface area contributed by atoms with Gasteiger partial charge < -0.3 is 15.0 Å². The zero-order chi connectivity index (χ0) is 18.4. The molecule has 1 aliphatic rings. The number of halogens is 1. The highest BCUT2D eigenvalue weighted by Gasteiger charge is 2.17. The van der Waals surface area contributed by atoms with Crippen LogP contribution in [0.15, 0.2) is 42.5 Å². The van der Waals surface area contributed by atoms with Crippen molar-refractivity contribution >= 4 is 11.6 Å². The van der Waals surface area contributed by atoms with Gasteiger partial charge in [-0.25, -0.2) is 0 Å². The average Bonchev–Trinajstić information content (AvgIpc) is 2.64. The van der Waals surface area contributed by atoms with Crippen LogP contribution in [-0.4, -0.2) is 63.2 Å². The van der Waals surface area contributed by atoms with E-state index >= 15 is 0 Å². The lowest BCUT2D eigenvalue weighted by Crippen LogP contribution is -2.43. The number of benzene rings is 2. The molecule has 0 aliphatic carbocycles. The molecule has 0 aromatic heterocycles. The van der Waals surface area contributed by atoms with E-state index in [2.05, 4.69) is 59.5 Å². The predicted octanol–water partition coefficient (Wildman–Crippen LogP) is 3.35. The van der Waals surface area contributed by atoms with Crippen molar-refractivity contribution in [3.8, 4) is 16.9 Å². The van der Waals surface area contributed by atoms with E-state index in [9.17, 15) is 0 Å². The lowest BCUT2D eigenvalue weighted by atomic mass is 9.98. The smallest absolute Gasteiger partial charge is 0.124 e. The second-order valence-electron chi connectivity index (χ2n) is 6.97. The Hall–Kier alpha value is -1.59. The van der Waals surface area contributed by atoms with E-state index in [1.807, 2.05) is 12.1 Å². The Morgan fingerprint density at radius 3 is 2.50 bits per heavy atom. The van der Waals surface area contributed by atoms with Crippen molar-refractivity contribution in [3.05, 3.63) is 53.1 Å². The molecule has 1 heterocycles. The highest BCUT2D eigenvalue weighted by atomic mass is 35.5. The van der Waals surface area contributed by atoms with E-state index in [-0.39, 0.29) is 0 Å². The Morgan fingerprint density at radius 1 is 1.08 bits per heavy atom. The number of ether oxygens (including phenoxy) is 1. The largest absolute Gasteiger partial charge is 0.492 e. The number of nitrogens with one attached hydrogen (secondary N) is 1. The summed E-state index contributed by atoms with van der Waals surface area (Å²) in [6.45, 7) is 6.69. The van der Waals surface area contributed by atoms with E-state index < -0.39 is 0 Å². The maximum atomic E-state index is 6.17. The maximum absolute atomic E-state index is 6.17. The second kappa shape index (κ2) is 9.38. The monoisotopic (exact) mass is 373 g/mol.